The van der Waals surface area contributed by atoms with E-state index in [0.717, 1.165) is 12.2 Å². The fourth-order valence-corrected chi connectivity index (χ4v) is 3.35. The van der Waals surface area contributed by atoms with Crippen LogP contribution in [0.25, 0.3) is 11.1 Å². The summed E-state index contributed by atoms with van der Waals surface area (Å²) < 4.78 is 19.4. The van der Waals surface area contributed by atoms with Gasteiger partial charge in [-0.1, -0.05) is 23.2 Å². The van der Waals surface area contributed by atoms with Crippen molar-refractivity contribution in [2.24, 2.45) is 0 Å². The van der Waals surface area contributed by atoms with Gasteiger partial charge in [0.15, 0.2) is 0 Å². The molecular formula is C24H18Cl2O8. The van der Waals surface area contributed by atoms with Crippen molar-refractivity contribution >= 4 is 58.2 Å². The lowest BCUT2D eigenvalue weighted by molar-refractivity contribution is -0.138. The van der Waals surface area contributed by atoms with Crippen LogP contribution in [0.5, 0.6) is 11.5 Å². The van der Waals surface area contributed by atoms with Gasteiger partial charge in [-0.3, -0.25) is 0 Å². The van der Waals surface area contributed by atoms with Crippen LogP contribution in [0.1, 0.15) is 25.0 Å². The molecule has 0 radical (unpaired) electrons. The molecule has 2 aliphatic rings. The molecule has 34 heavy (non-hydrogen) atoms. The molecule has 2 heterocycles. The third kappa shape index (κ3) is 5.84. The Balaban J connectivity index is 0.000000191. The zero-order chi connectivity index (χ0) is 24.8. The summed E-state index contributed by atoms with van der Waals surface area (Å²) >= 11 is 11.6. The Labute approximate surface area is 204 Å². The van der Waals surface area contributed by atoms with Crippen LogP contribution >= 0.6 is 23.2 Å². The molecule has 0 aromatic heterocycles. The van der Waals surface area contributed by atoms with Crippen molar-refractivity contribution in [3.05, 3.63) is 69.7 Å². The molecule has 0 saturated heterocycles. The average molecular weight is 505 g/mol. The van der Waals surface area contributed by atoms with Gasteiger partial charge in [0.25, 0.3) is 0 Å². The van der Waals surface area contributed by atoms with Crippen LogP contribution in [0, 0.1) is 0 Å². The summed E-state index contributed by atoms with van der Waals surface area (Å²) in [7, 11) is 0. The van der Waals surface area contributed by atoms with Gasteiger partial charge in [0.2, 0.25) is 0 Å². The first-order valence-corrected chi connectivity index (χ1v) is 10.8. The highest BCUT2D eigenvalue weighted by Gasteiger charge is 2.29. The molecular weight excluding hydrogens is 487 g/mol. The van der Waals surface area contributed by atoms with E-state index in [9.17, 15) is 19.2 Å². The molecule has 0 fully saturated rings. The molecule has 0 amide bonds. The first kappa shape index (κ1) is 25.0. The van der Waals surface area contributed by atoms with E-state index in [1.54, 1.807) is 50.2 Å². The first-order valence-electron chi connectivity index (χ1n) is 10.0. The van der Waals surface area contributed by atoms with Crippen molar-refractivity contribution in [3.8, 4) is 11.5 Å². The largest absolute Gasteiger partial charge is 0.463 e. The number of benzene rings is 2. The summed E-state index contributed by atoms with van der Waals surface area (Å²) in [6.45, 7) is 3.88. The van der Waals surface area contributed by atoms with Gasteiger partial charge in [0, 0.05) is 33.3 Å². The SMILES string of the molecule is CCOC(=O)/C=C1/C(=O)Oc2ccc(Cl)cc21.CCOC(=O)/C=C1/C(=O)Oc2ccc(Cl)cc21. The summed E-state index contributed by atoms with van der Waals surface area (Å²) in [5.74, 6) is -1.50. The second kappa shape index (κ2) is 11.0. The molecule has 0 unspecified atom stereocenters. The highest BCUT2D eigenvalue weighted by atomic mass is 35.5. The molecule has 2 aromatic rings. The monoisotopic (exact) mass is 504 g/mol. The summed E-state index contributed by atoms with van der Waals surface area (Å²) in [4.78, 5) is 45.7. The van der Waals surface area contributed by atoms with Crippen LogP contribution in [-0.4, -0.2) is 37.1 Å². The van der Waals surface area contributed by atoms with Crippen LogP contribution < -0.4 is 9.47 Å². The zero-order valence-corrected chi connectivity index (χ0v) is 19.6. The third-order valence-electron chi connectivity index (χ3n) is 4.41. The molecule has 0 spiro atoms. The number of ether oxygens (including phenoxy) is 4. The Kier molecular flexibility index (Phi) is 8.09. The van der Waals surface area contributed by atoms with Crippen molar-refractivity contribution < 1.29 is 38.1 Å². The molecule has 0 N–H and O–H groups in total. The number of fused-ring (bicyclic) bond motifs is 2. The second-order valence-electron chi connectivity index (χ2n) is 6.68. The zero-order valence-electron chi connectivity index (χ0n) is 18.1. The Bertz CT molecular complexity index is 1130. The number of carbonyl (C=O) groups is 4. The maximum atomic E-state index is 11.5. The van der Waals surface area contributed by atoms with Crippen LogP contribution in [0.2, 0.25) is 10.0 Å². The van der Waals surface area contributed by atoms with Gasteiger partial charge >= 0.3 is 23.9 Å². The standard InChI is InChI=1S/2C12H9ClO4/c2*1-2-16-11(14)6-9-8-5-7(13)3-4-10(8)17-12(9)15/h2*3-6H,2H2,1H3/b2*9-6+. The topological polar surface area (TPSA) is 105 Å². The van der Waals surface area contributed by atoms with E-state index < -0.39 is 23.9 Å². The van der Waals surface area contributed by atoms with Crippen molar-refractivity contribution in [2.75, 3.05) is 13.2 Å². The minimum Gasteiger partial charge on any atom is -0.463 e. The molecule has 2 aliphatic heterocycles. The molecule has 2 aromatic carbocycles. The van der Waals surface area contributed by atoms with Gasteiger partial charge in [-0.2, -0.15) is 0 Å². The van der Waals surface area contributed by atoms with Crippen LogP contribution in [-0.2, 0) is 28.7 Å². The number of carbonyl (C=O) groups excluding carboxylic acids is 4. The Morgan fingerprint density at radius 1 is 0.765 bits per heavy atom. The van der Waals surface area contributed by atoms with Crippen molar-refractivity contribution in [2.45, 2.75) is 13.8 Å². The van der Waals surface area contributed by atoms with Gasteiger partial charge in [0.05, 0.1) is 24.4 Å². The summed E-state index contributed by atoms with van der Waals surface area (Å²) in [5.41, 5.74) is 1.35. The number of rotatable bonds is 4. The minimum absolute atomic E-state index is 0.168. The summed E-state index contributed by atoms with van der Waals surface area (Å²) in [6.07, 6.45) is 2.24. The minimum atomic E-state index is -0.577. The van der Waals surface area contributed by atoms with E-state index in [0.29, 0.717) is 32.7 Å². The van der Waals surface area contributed by atoms with Crippen molar-refractivity contribution in [3.63, 3.8) is 0 Å². The fraction of sp³-hybridized carbons (Fsp3) is 0.167. The smallest absolute Gasteiger partial charge is 0.344 e. The summed E-state index contributed by atoms with van der Waals surface area (Å²) in [6, 6.07) is 9.55. The lowest BCUT2D eigenvalue weighted by atomic mass is 10.1. The van der Waals surface area contributed by atoms with Gasteiger partial charge in [0.1, 0.15) is 11.5 Å². The number of hydrogen-bond acceptors (Lipinski definition) is 8. The van der Waals surface area contributed by atoms with E-state index in [1.807, 2.05) is 0 Å². The predicted molar refractivity (Wildman–Crippen MR) is 123 cm³/mol. The van der Waals surface area contributed by atoms with Gasteiger partial charge in [-0.25, -0.2) is 19.2 Å². The van der Waals surface area contributed by atoms with Gasteiger partial charge < -0.3 is 18.9 Å². The van der Waals surface area contributed by atoms with Gasteiger partial charge in [-0.15, -0.1) is 0 Å². The second-order valence-corrected chi connectivity index (χ2v) is 7.55. The van der Waals surface area contributed by atoms with E-state index in [4.69, 9.17) is 42.1 Å². The average Bonchev–Trinajstić information content (AvgIpc) is 3.25. The van der Waals surface area contributed by atoms with Crippen LogP contribution in [0.4, 0.5) is 0 Å². The molecule has 0 saturated carbocycles. The molecule has 176 valence electrons. The van der Waals surface area contributed by atoms with E-state index in [2.05, 4.69) is 0 Å². The molecule has 0 aliphatic carbocycles. The molecule has 8 nitrogen and oxygen atoms in total. The first-order chi connectivity index (χ1) is 16.2. The predicted octanol–water partition coefficient (Wildman–Crippen LogP) is 4.41. The number of hydrogen-bond donors (Lipinski definition) is 0. The fourth-order valence-electron chi connectivity index (χ4n) is 3.01. The highest BCUT2D eigenvalue weighted by molar-refractivity contribution is 6.32. The lowest BCUT2D eigenvalue weighted by Crippen LogP contribution is -2.05. The lowest BCUT2D eigenvalue weighted by Gasteiger charge is -1.98. The molecule has 4 rings (SSSR count). The Morgan fingerprint density at radius 3 is 1.50 bits per heavy atom. The molecule has 0 atom stereocenters. The Hall–Kier alpha value is -3.62. The maximum absolute atomic E-state index is 11.5. The quantitative estimate of drug-likeness (QED) is 0.342. The van der Waals surface area contributed by atoms with Crippen LogP contribution in [0.3, 0.4) is 0 Å². The Morgan fingerprint density at radius 2 is 1.15 bits per heavy atom. The van der Waals surface area contributed by atoms with Crippen molar-refractivity contribution in [1.29, 1.82) is 0 Å². The normalized spacial score (nSPS) is 15.6. The number of esters is 4. The van der Waals surface area contributed by atoms with E-state index in [-0.39, 0.29) is 24.4 Å². The highest BCUT2D eigenvalue weighted by Crippen LogP contribution is 2.36. The maximum Gasteiger partial charge on any atom is 0.344 e. The summed E-state index contributed by atoms with van der Waals surface area (Å²) in [5, 5.41) is 0.939. The van der Waals surface area contributed by atoms with E-state index in [1.165, 1.54) is 0 Å². The van der Waals surface area contributed by atoms with Crippen molar-refractivity contribution in [1.82, 2.24) is 0 Å². The third-order valence-corrected chi connectivity index (χ3v) is 4.88. The van der Waals surface area contributed by atoms with E-state index >= 15 is 0 Å². The molecule has 0 bridgehead atoms. The van der Waals surface area contributed by atoms with Crippen LogP contribution in [0.15, 0.2) is 48.6 Å². The van der Waals surface area contributed by atoms with Gasteiger partial charge in [-0.05, 0) is 50.2 Å². The number of halogens is 2. The molecule has 10 heteroatoms.